The average molecular weight is 405 g/mol. The molecule has 3 aromatic rings. The van der Waals surface area contributed by atoms with Gasteiger partial charge in [0.15, 0.2) is 4.77 Å². The monoisotopic (exact) mass is 404 g/mol. The summed E-state index contributed by atoms with van der Waals surface area (Å²) >= 11 is 11.0. The van der Waals surface area contributed by atoms with Crippen molar-refractivity contribution in [3.63, 3.8) is 0 Å². The number of benzene rings is 2. The van der Waals surface area contributed by atoms with E-state index in [4.69, 9.17) is 23.8 Å². The number of amides is 1. The molecule has 1 fully saturated rings. The van der Waals surface area contributed by atoms with Gasteiger partial charge in [0.1, 0.15) is 5.82 Å². The summed E-state index contributed by atoms with van der Waals surface area (Å²) in [7, 11) is 0. The van der Waals surface area contributed by atoms with E-state index in [1.54, 1.807) is 4.90 Å². The summed E-state index contributed by atoms with van der Waals surface area (Å²) in [6.07, 6.45) is 0. The zero-order valence-electron chi connectivity index (χ0n) is 14.5. The highest BCUT2D eigenvalue weighted by Crippen LogP contribution is 2.21. The minimum absolute atomic E-state index is 0.184. The number of halogens is 2. The molecule has 2 aromatic carbocycles. The maximum atomic E-state index is 13.9. The first-order valence-electron chi connectivity index (χ1n) is 8.67. The number of hydrogen-bond acceptors (Lipinski definition) is 3. The summed E-state index contributed by atoms with van der Waals surface area (Å²) in [5.74, 6) is -0.645. The van der Waals surface area contributed by atoms with Crippen LogP contribution in [0, 0.1) is 10.6 Å². The molecule has 8 heteroatoms. The molecule has 0 unspecified atom stereocenters. The Kier molecular flexibility index (Phi) is 4.99. The molecule has 2 N–H and O–H groups in total. The summed E-state index contributed by atoms with van der Waals surface area (Å²) in [6, 6.07) is 10.4. The molecule has 0 saturated carbocycles. The molecule has 1 aliphatic rings. The molecular weight excluding hydrogens is 387 g/mol. The number of nitrogens with one attached hydrogen (secondary N) is 2. The molecule has 140 valence electrons. The first kappa shape index (κ1) is 18.2. The number of aromatic amines is 2. The van der Waals surface area contributed by atoms with E-state index in [1.807, 2.05) is 24.3 Å². The molecule has 1 saturated heterocycles. The Hall–Kier alpha value is -2.22. The topological polar surface area (TPSA) is 55.1 Å². The number of carbonyl (C=O) groups is 1. The van der Waals surface area contributed by atoms with Gasteiger partial charge in [0.2, 0.25) is 0 Å². The predicted octanol–water partition coefficient (Wildman–Crippen LogP) is 3.98. The largest absolute Gasteiger partial charge is 0.336 e. The molecule has 0 aliphatic carbocycles. The van der Waals surface area contributed by atoms with Gasteiger partial charge in [-0.15, -0.1) is 0 Å². The Morgan fingerprint density at radius 2 is 1.81 bits per heavy atom. The number of carbonyl (C=O) groups excluding carboxylic acids is 1. The van der Waals surface area contributed by atoms with Crippen LogP contribution in [0.3, 0.4) is 0 Å². The quantitative estimate of drug-likeness (QED) is 0.649. The number of fused-ring (bicyclic) bond motifs is 1. The van der Waals surface area contributed by atoms with Crippen LogP contribution in [0.15, 0.2) is 36.4 Å². The van der Waals surface area contributed by atoms with E-state index in [1.165, 1.54) is 17.7 Å². The Morgan fingerprint density at radius 1 is 1.11 bits per heavy atom. The van der Waals surface area contributed by atoms with Crippen molar-refractivity contribution in [3.8, 4) is 0 Å². The van der Waals surface area contributed by atoms with Gasteiger partial charge in [-0.1, -0.05) is 23.7 Å². The fourth-order valence-corrected chi connectivity index (χ4v) is 3.74. The Labute approximate surface area is 165 Å². The lowest BCUT2D eigenvalue weighted by Gasteiger charge is -2.34. The maximum absolute atomic E-state index is 13.9. The number of imidazole rings is 1. The van der Waals surface area contributed by atoms with E-state index in [9.17, 15) is 9.18 Å². The minimum Gasteiger partial charge on any atom is -0.336 e. The maximum Gasteiger partial charge on any atom is 0.256 e. The fourth-order valence-electron chi connectivity index (χ4n) is 3.40. The van der Waals surface area contributed by atoms with E-state index in [0.29, 0.717) is 34.5 Å². The van der Waals surface area contributed by atoms with Crippen LogP contribution in [0.2, 0.25) is 5.02 Å². The Balaban J connectivity index is 1.46. The molecule has 0 bridgehead atoms. The van der Waals surface area contributed by atoms with Gasteiger partial charge in [0, 0.05) is 37.7 Å². The van der Waals surface area contributed by atoms with E-state index in [0.717, 1.165) is 24.7 Å². The molecule has 5 nitrogen and oxygen atoms in total. The second-order valence-electron chi connectivity index (χ2n) is 6.65. The van der Waals surface area contributed by atoms with Crippen LogP contribution in [0.4, 0.5) is 4.39 Å². The van der Waals surface area contributed by atoms with Crippen molar-refractivity contribution in [2.75, 3.05) is 26.2 Å². The number of aromatic nitrogens is 2. The van der Waals surface area contributed by atoms with Crippen LogP contribution in [0.5, 0.6) is 0 Å². The van der Waals surface area contributed by atoms with Crippen molar-refractivity contribution in [1.29, 1.82) is 0 Å². The highest BCUT2D eigenvalue weighted by atomic mass is 35.5. The Morgan fingerprint density at radius 3 is 2.52 bits per heavy atom. The third-order valence-electron chi connectivity index (χ3n) is 4.80. The third-order valence-corrected chi connectivity index (χ3v) is 5.26. The van der Waals surface area contributed by atoms with Gasteiger partial charge in [-0.25, -0.2) is 4.39 Å². The SMILES string of the molecule is O=C(c1cc(F)cc2[nH]c(=S)[nH]c12)N1CCN(Cc2ccc(Cl)cc2)CC1. The molecule has 0 atom stereocenters. The molecular formula is C19H18ClFN4OS. The number of nitrogens with zero attached hydrogens (tertiary/aromatic N) is 2. The lowest BCUT2D eigenvalue weighted by molar-refractivity contribution is 0.0630. The standard InChI is InChI=1S/C19H18ClFN4OS/c20-13-3-1-12(2-4-13)11-24-5-7-25(8-6-24)18(26)15-9-14(21)10-16-17(15)23-19(27)22-16/h1-4,9-10H,5-8,11H2,(H2,22,23,27). The molecule has 27 heavy (non-hydrogen) atoms. The van der Waals surface area contributed by atoms with Gasteiger partial charge in [0.25, 0.3) is 5.91 Å². The summed E-state index contributed by atoms with van der Waals surface area (Å²) in [5.41, 5.74) is 2.55. The van der Waals surface area contributed by atoms with Crippen molar-refractivity contribution < 1.29 is 9.18 Å². The van der Waals surface area contributed by atoms with Crippen molar-refractivity contribution in [2.45, 2.75) is 6.54 Å². The van der Waals surface area contributed by atoms with Gasteiger partial charge in [-0.3, -0.25) is 9.69 Å². The van der Waals surface area contributed by atoms with Gasteiger partial charge >= 0.3 is 0 Å². The number of H-pyrrole nitrogens is 2. The van der Waals surface area contributed by atoms with Crippen molar-refractivity contribution in [3.05, 3.63) is 63.1 Å². The van der Waals surface area contributed by atoms with Crippen LogP contribution in [0.25, 0.3) is 11.0 Å². The minimum atomic E-state index is -0.461. The first-order valence-corrected chi connectivity index (χ1v) is 9.46. The first-order chi connectivity index (χ1) is 13.0. The summed E-state index contributed by atoms with van der Waals surface area (Å²) in [6.45, 7) is 3.52. The van der Waals surface area contributed by atoms with E-state index >= 15 is 0 Å². The summed E-state index contributed by atoms with van der Waals surface area (Å²) < 4.78 is 14.3. The van der Waals surface area contributed by atoms with Gasteiger partial charge < -0.3 is 14.9 Å². The van der Waals surface area contributed by atoms with Crippen LogP contribution in [-0.2, 0) is 6.54 Å². The predicted molar refractivity (Wildman–Crippen MR) is 106 cm³/mol. The molecule has 1 aliphatic heterocycles. The van der Waals surface area contributed by atoms with Crippen LogP contribution in [0.1, 0.15) is 15.9 Å². The van der Waals surface area contributed by atoms with Crippen LogP contribution >= 0.6 is 23.8 Å². The van der Waals surface area contributed by atoms with Crippen molar-refractivity contribution in [1.82, 2.24) is 19.8 Å². The van der Waals surface area contributed by atoms with Gasteiger partial charge in [-0.2, -0.15) is 0 Å². The zero-order chi connectivity index (χ0) is 19.0. The normalized spacial score (nSPS) is 15.4. The van der Waals surface area contributed by atoms with Crippen LogP contribution in [-0.4, -0.2) is 51.9 Å². The summed E-state index contributed by atoms with van der Waals surface area (Å²) in [5, 5.41) is 0.722. The van der Waals surface area contributed by atoms with Gasteiger partial charge in [0.05, 0.1) is 16.6 Å². The molecule has 1 amide bonds. The van der Waals surface area contributed by atoms with Gasteiger partial charge in [-0.05, 0) is 42.0 Å². The Bertz CT molecular complexity index is 1040. The zero-order valence-corrected chi connectivity index (χ0v) is 16.0. The molecule has 1 aromatic heterocycles. The molecule has 4 rings (SSSR count). The highest BCUT2D eigenvalue weighted by molar-refractivity contribution is 7.71. The van der Waals surface area contributed by atoms with Crippen molar-refractivity contribution in [2.24, 2.45) is 0 Å². The smallest absolute Gasteiger partial charge is 0.256 e. The number of rotatable bonds is 3. The molecule has 2 heterocycles. The molecule has 0 radical (unpaired) electrons. The second-order valence-corrected chi connectivity index (χ2v) is 7.49. The van der Waals surface area contributed by atoms with Crippen molar-refractivity contribution >= 4 is 40.8 Å². The third kappa shape index (κ3) is 3.90. The lowest BCUT2D eigenvalue weighted by Crippen LogP contribution is -2.48. The number of piperazine rings is 1. The fraction of sp³-hybridized carbons (Fsp3) is 0.263. The lowest BCUT2D eigenvalue weighted by atomic mass is 10.1. The highest BCUT2D eigenvalue weighted by Gasteiger charge is 2.24. The second kappa shape index (κ2) is 7.42. The number of hydrogen-bond donors (Lipinski definition) is 2. The average Bonchev–Trinajstić information content (AvgIpc) is 3.03. The van der Waals surface area contributed by atoms with E-state index in [2.05, 4.69) is 14.9 Å². The molecule has 0 spiro atoms. The van der Waals surface area contributed by atoms with Crippen LogP contribution < -0.4 is 0 Å². The van der Waals surface area contributed by atoms with E-state index < -0.39 is 5.82 Å². The van der Waals surface area contributed by atoms with E-state index in [-0.39, 0.29) is 5.91 Å². The summed E-state index contributed by atoms with van der Waals surface area (Å²) in [4.78, 5) is 22.8.